The smallest absolute Gasteiger partial charge is 0.0559 e. The number of aryl methyl sites for hydroxylation is 1. The normalized spacial score (nSPS) is 25.5. The first-order valence-electron chi connectivity index (χ1n) is 8.53. The lowest BCUT2D eigenvalue weighted by Gasteiger charge is -2.51. The maximum atomic E-state index is 4.42. The van der Waals surface area contributed by atoms with E-state index in [-0.39, 0.29) is 0 Å². The zero-order valence-electron chi connectivity index (χ0n) is 13.7. The summed E-state index contributed by atoms with van der Waals surface area (Å²) < 4.78 is 0. The van der Waals surface area contributed by atoms with Gasteiger partial charge >= 0.3 is 0 Å². The molecule has 3 heteroatoms. The summed E-state index contributed by atoms with van der Waals surface area (Å²) in [6.45, 7) is 9.05. The van der Waals surface area contributed by atoms with Gasteiger partial charge in [0, 0.05) is 30.9 Å². The zero-order valence-corrected chi connectivity index (χ0v) is 13.7. The Bertz CT molecular complexity index is 477. The van der Waals surface area contributed by atoms with Crippen LogP contribution in [0.25, 0.3) is 0 Å². The van der Waals surface area contributed by atoms with Crippen LogP contribution in [0.2, 0.25) is 0 Å². The van der Waals surface area contributed by atoms with Gasteiger partial charge in [-0.2, -0.15) is 0 Å². The van der Waals surface area contributed by atoms with Crippen molar-refractivity contribution >= 4 is 5.69 Å². The van der Waals surface area contributed by atoms with Crippen LogP contribution in [0.1, 0.15) is 51.5 Å². The Morgan fingerprint density at radius 3 is 2.67 bits per heavy atom. The van der Waals surface area contributed by atoms with E-state index in [1.54, 1.807) is 0 Å². The fourth-order valence-electron chi connectivity index (χ4n) is 4.07. The van der Waals surface area contributed by atoms with Crippen LogP contribution in [0.4, 0.5) is 5.69 Å². The molecule has 1 saturated heterocycles. The second kappa shape index (κ2) is 5.96. The maximum absolute atomic E-state index is 4.42. The molecule has 2 aliphatic rings. The van der Waals surface area contributed by atoms with Crippen LogP contribution in [-0.4, -0.2) is 29.7 Å². The Balaban J connectivity index is 1.87. The van der Waals surface area contributed by atoms with Crippen LogP contribution >= 0.6 is 0 Å². The monoisotopic (exact) mass is 287 g/mol. The van der Waals surface area contributed by atoms with Crippen molar-refractivity contribution in [3.05, 3.63) is 24.0 Å². The summed E-state index contributed by atoms with van der Waals surface area (Å²) in [5.41, 5.74) is 2.90. The van der Waals surface area contributed by atoms with Crippen molar-refractivity contribution in [2.45, 2.75) is 64.5 Å². The van der Waals surface area contributed by atoms with Crippen LogP contribution < -0.4 is 10.2 Å². The van der Waals surface area contributed by atoms with Gasteiger partial charge in [-0.05, 0) is 37.3 Å². The molecule has 2 heterocycles. The van der Waals surface area contributed by atoms with E-state index in [9.17, 15) is 0 Å². The molecule has 3 nitrogen and oxygen atoms in total. The summed E-state index contributed by atoms with van der Waals surface area (Å²) in [5, 5.41) is 3.92. The van der Waals surface area contributed by atoms with E-state index < -0.39 is 0 Å². The quantitative estimate of drug-likeness (QED) is 0.902. The SMILES string of the molecule is Cc1cncc(N2CC3(CCCCC3)NCC2C(C)C)c1. The number of hydrogen-bond donors (Lipinski definition) is 1. The summed E-state index contributed by atoms with van der Waals surface area (Å²) in [5.74, 6) is 0.652. The van der Waals surface area contributed by atoms with Gasteiger partial charge in [-0.25, -0.2) is 0 Å². The number of pyridine rings is 1. The summed E-state index contributed by atoms with van der Waals surface area (Å²) >= 11 is 0. The van der Waals surface area contributed by atoms with Crippen LogP contribution in [0, 0.1) is 12.8 Å². The Morgan fingerprint density at radius 2 is 2.00 bits per heavy atom. The molecular formula is C18H29N3. The predicted molar refractivity (Wildman–Crippen MR) is 88.8 cm³/mol. The molecule has 116 valence electrons. The molecule has 1 saturated carbocycles. The minimum Gasteiger partial charge on any atom is -0.364 e. The topological polar surface area (TPSA) is 28.2 Å². The first-order chi connectivity index (χ1) is 10.1. The summed E-state index contributed by atoms with van der Waals surface area (Å²) in [7, 11) is 0. The third-order valence-electron chi connectivity index (χ3n) is 5.33. The van der Waals surface area contributed by atoms with E-state index >= 15 is 0 Å². The summed E-state index contributed by atoms with van der Waals surface area (Å²) in [4.78, 5) is 7.06. The third kappa shape index (κ3) is 3.08. The number of rotatable bonds is 2. The van der Waals surface area contributed by atoms with Gasteiger partial charge < -0.3 is 10.2 Å². The second-order valence-electron chi connectivity index (χ2n) is 7.38. The molecule has 1 aliphatic heterocycles. The molecule has 1 unspecified atom stereocenters. The molecule has 1 spiro atoms. The van der Waals surface area contributed by atoms with Crippen LogP contribution in [0.5, 0.6) is 0 Å². The van der Waals surface area contributed by atoms with Gasteiger partial charge in [0.25, 0.3) is 0 Å². The number of anilines is 1. The average molecular weight is 287 g/mol. The van der Waals surface area contributed by atoms with Crippen molar-refractivity contribution in [2.24, 2.45) is 5.92 Å². The maximum Gasteiger partial charge on any atom is 0.0559 e. The average Bonchev–Trinajstić information content (AvgIpc) is 2.48. The molecule has 2 fully saturated rings. The van der Waals surface area contributed by atoms with E-state index in [0.717, 1.165) is 13.1 Å². The van der Waals surface area contributed by atoms with E-state index in [1.165, 1.54) is 43.4 Å². The van der Waals surface area contributed by atoms with Crippen molar-refractivity contribution in [1.82, 2.24) is 10.3 Å². The summed E-state index contributed by atoms with van der Waals surface area (Å²) in [6, 6.07) is 2.87. The lowest BCUT2D eigenvalue weighted by molar-refractivity contribution is 0.184. The fourth-order valence-corrected chi connectivity index (χ4v) is 4.07. The van der Waals surface area contributed by atoms with Gasteiger partial charge in [0.15, 0.2) is 0 Å². The number of hydrogen-bond acceptors (Lipinski definition) is 3. The van der Waals surface area contributed by atoms with Gasteiger partial charge in [-0.15, -0.1) is 0 Å². The predicted octanol–water partition coefficient (Wildman–Crippen LogP) is 3.53. The van der Waals surface area contributed by atoms with Crippen LogP contribution in [0.3, 0.4) is 0 Å². The minimum absolute atomic E-state index is 0.341. The summed E-state index contributed by atoms with van der Waals surface area (Å²) in [6.07, 6.45) is 10.8. The molecule has 1 aromatic rings. The number of nitrogens with one attached hydrogen (secondary N) is 1. The molecule has 0 radical (unpaired) electrons. The Kier molecular flexibility index (Phi) is 4.21. The Morgan fingerprint density at radius 1 is 1.24 bits per heavy atom. The molecule has 0 amide bonds. The van der Waals surface area contributed by atoms with Crippen molar-refractivity contribution in [2.75, 3.05) is 18.0 Å². The molecule has 1 aliphatic carbocycles. The number of nitrogens with zero attached hydrogens (tertiary/aromatic N) is 2. The molecular weight excluding hydrogens is 258 g/mol. The van der Waals surface area contributed by atoms with E-state index in [4.69, 9.17) is 0 Å². The highest BCUT2D eigenvalue weighted by atomic mass is 15.3. The van der Waals surface area contributed by atoms with E-state index in [2.05, 4.69) is 42.0 Å². The Hall–Kier alpha value is -1.09. The van der Waals surface area contributed by atoms with Crippen LogP contribution in [-0.2, 0) is 0 Å². The molecule has 1 N–H and O–H groups in total. The second-order valence-corrected chi connectivity index (χ2v) is 7.38. The number of piperazine rings is 1. The Labute approximate surface area is 129 Å². The van der Waals surface area contributed by atoms with Crippen molar-refractivity contribution < 1.29 is 0 Å². The fraction of sp³-hybridized carbons (Fsp3) is 0.722. The lowest BCUT2D eigenvalue weighted by Crippen LogP contribution is -2.66. The van der Waals surface area contributed by atoms with Gasteiger partial charge in [0.05, 0.1) is 11.9 Å². The zero-order chi connectivity index (χ0) is 14.9. The molecule has 1 atom stereocenters. The molecule has 0 bridgehead atoms. The van der Waals surface area contributed by atoms with E-state index in [1.807, 2.05) is 12.4 Å². The highest BCUT2D eigenvalue weighted by molar-refractivity contribution is 5.48. The standard InChI is InChI=1S/C18H29N3/c1-14(2)17-12-20-18(7-5-4-6-8-18)13-21(17)16-9-15(3)10-19-11-16/h9-11,14,17,20H,4-8,12-13H2,1-3H3. The van der Waals surface area contributed by atoms with Crippen molar-refractivity contribution in [3.63, 3.8) is 0 Å². The van der Waals surface area contributed by atoms with Gasteiger partial charge in [0.2, 0.25) is 0 Å². The molecule has 1 aromatic heterocycles. The van der Waals surface area contributed by atoms with Gasteiger partial charge in [0.1, 0.15) is 0 Å². The molecule has 0 aromatic carbocycles. The molecule has 3 rings (SSSR count). The van der Waals surface area contributed by atoms with Crippen molar-refractivity contribution in [1.29, 1.82) is 0 Å². The highest BCUT2D eigenvalue weighted by Crippen LogP contribution is 2.35. The van der Waals surface area contributed by atoms with Crippen molar-refractivity contribution in [3.8, 4) is 0 Å². The third-order valence-corrected chi connectivity index (χ3v) is 5.33. The minimum atomic E-state index is 0.341. The first kappa shape index (κ1) is 14.8. The van der Waals surface area contributed by atoms with Crippen LogP contribution in [0.15, 0.2) is 18.5 Å². The lowest BCUT2D eigenvalue weighted by atomic mass is 9.78. The van der Waals surface area contributed by atoms with E-state index in [0.29, 0.717) is 17.5 Å². The van der Waals surface area contributed by atoms with Gasteiger partial charge in [-0.1, -0.05) is 33.1 Å². The largest absolute Gasteiger partial charge is 0.364 e. The number of aromatic nitrogens is 1. The first-order valence-corrected chi connectivity index (χ1v) is 8.53. The highest BCUT2D eigenvalue weighted by Gasteiger charge is 2.40. The molecule has 21 heavy (non-hydrogen) atoms. The van der Waals surface area contributed by atoms with Gasteiger partial charge in [-0.3, -0.25) is 4.98 Å².